The third-order valence-electron chi connectivity index (χ3n) is 4.47. The van der Waals surface area contributed by atoms with Gasteiger partial charge >= 0.3 is 12.4 Å². The fourth-order valence-corrected chi connectivity index (χ4v) is 3.20. The predicted octanol–water partition coefficient (Wildman–Crippen LogP) is 5.70. The second kappa shape index (κ2) is 10.7. The van der Waals surface area contributed by atoms with Gasteiger partial charge in [-0.05, 0) is 30.2 Å². The minimum absolute atomic E-state index is 0. The van der Waals surface area contributed by atoms with E-state index in [1.807, 2.05) is 11.8 Å². The van der Waals surface area contributed by atoms with Crippen molar-refractivity contribution in [1.82, 2.24) is 10.2 Å². The quantitative estimate of drug-likeness (QED) is 0.590. The van der Waals surface area contributed by atoms with E-state index in [1.165, 1.54) is 0 Å². The van der Waals surface area contributed by atoms with Crippen molar-refractivity contribution >= 4 is 24.8 Å². The van der Waals surface area contributed by atoms with Crippen LogP contribution in [0, 0.1) is 0 Å². The molecule has 0 radical (unpaired) electrons. The van der Waals surface area contributed by atoms with Gasteiger partial charge in [0.05, 0.1) is 11.1 Å². The summed E-state index contributed by atoms with van der Waals surface area (Å²) < 4.78 is 79.4. The molecule has 1 aromatic rings. The van der Waals surface area contributed by atoms with E-state index in [9.17, 15) is 26.3 Å². The van der Waals surface area contributed by atoms with Gasteiger partial charge in [0.25, 0.3) is 0 Å². The Kier molecular flexibility index (Phi) is 10.5. The molecule has 1 atom stereocenters. The molecule has 0 saturated carbocycles. The molecular formula is C17H24Cl2F6N2. The van der Waals surface area contributed by atoms with Gasteiger partial charge in [0.2, 0.25) is 0 Å². The number of unbranched alkanes of at least 4 members (excludes halogenated alkanes) is 1. The highest BCUT2D eigenvalue weighted by Gasteiger charge is 2.39. The second-order valence-electron chi connectivity index (χ2n) is 6.24. The molecule has 0 spiro atoms. The Hall–Kier alpha value is -0.700. The number of hydrogen-bond acceptors (Lipinski definition) is 2. The molecular weight excluding hydrogens is 417 g/mol. The van der Waals surface area contributed by atoms with Crippen LogP contribution in [0.2, 0.25) is 0 Å². The lowest BCUT2D eigenvalue weighted by Crippen LogP contribution is -2.45. The van der Waals surface area contributed by atoms with E-state index in [0.717, 1.165) is 6.42 Å². The SMILES string of the molecule is CCCC[C@@H](c1cc(C(F)(F)F)ccc1C(F)(F)F)N1CCNCC1.Cl.Cl. The molecule has 0 aromatic heterocycles. The lowest BCUT2D eigenvalue weighted by molar-refractivity contribution is -0.142. The number of halogens is 8. The molecule has 2 nitrogen and oxygen atoms in total. The lowest BCUT2D eigenvalue weighted by atomic mass is 9.92. The normalized spacial score (nSPS) is 17.0. The van der Waals surface area contributed by atoms with Crippen molar-refractivity contribution in [3.05, 3.63) is 34.9 Å². The zero-order valence-electron chi connectivity index (χ0n) is 14.8. The van der Waals surface area contributed by atoms with Crippen LogP contribution in [0.25, 0.3) is 0 Å². The predicted molar refractivity (Wildman–Crippen MR) is 97.7 cm³/mol. The van der Waals surface area contributed by atoms with Gasteiger partial charge in [0.1, 0.15) is 0 Å². The summed E-state index contributed by atoms with van der Waals surface area (Å²) in [6.45, 7) is 4.17. The number of nitrogens with zero attached hydrogens (tertiary/aromatic N) is 1. The smallest absolute Gasteiger partial charge is 0.314 e. The van der Waals surface area contributed by atoms with Crippen LogP contribution < -0.4 is 5.32 Å². The number of benzene rings is 1. The Bertz CT molecular complexity index is 572. The van der Waals surface area contributed by atoms with Crippen LogP contribution in [0.1, 0.15) is 48.9 Å². The molecule has 0 unspecified atom stereocenters. The van der Waals surface area contributed by atoms with E-state index in [-0.39, 0.29) is 30.4 Å². The molecule has 158 valence electrons. The van der Waals surface area contributed by atoms with Crippen molar-refractivity contribution in [2.45, 2.75) is 44.6 Å². The van der Waals surface area contributed by atoms with Gasteiger partial charge in [-0.2, -0.15) is 26.3 Å². The molecule has 10 heteroatoms. The summed E-state index contributed by atoms with van der Waals surface area (Å²) in [4.78, 5) is 1.86. The largest absolute Gasteiger partial charge is 0.416 e. The topological polar surface area (TPSA) is 15.3 Å². The van der Waals surface area contributed by atoms with Crippen LogP contribution in [0.3, 0.4) is 0 Å². The molecule has 0 bridgehead atoms. The fraction of sp³-hybridized carbons (Fsp3) is 0.647. The average Bonchev–Trinajstić information content (AvgIpc) is 2.54. The Morgan fingerprint density at radius 3 is 2.07 bits per heavy atom. The Morgan fingerprint density at radius 1 is 1.00 bits per heavy atom. The van der Waals surface area contributed by atoms with Crippen LogP contribution >= 0.6 is 24.8 Å². The number of alkyl halides is 6. The lowest BCUT2D eigenvalue weighted by Gasteiger charge is -2.36. The highest BCUT2D eigenvalue weighted by atomic mass is 35.5. The first-order valence-corrected chi connectivity index (χ1v) is 8.37. The third kappa shape index (κ3) is 7.00. The first kappa shape index (κ1) is 26.3. The van der Waals surface area contributed by atoms with Crippen molar-refractivity contribution in [2.75, 3.05) is 26.2 Å². The summed E-state index contributed by atoms with van der Waals surface area (Å²) in [6, 6.07) is 1.10. The number of rotatable bonds is 5. The number of nitrogens with one attached hydrogen (secondary N) is 1. The Balaban J connectivity index is 0.00000338. The van der Waals surface area contributed by atoms with E-state index < -0.39 is 29.5 Å². The Morgan fingerprint density at radius 2 is 1.59 bits per heavy atom. The maximum absolute atomic E-state index is 13.4. The molecule has 1 aliphatic heterocycles. The van der Waals surface area contributed by atoms with Gasteiger partial charge in [-0.25, -0.2) is 0 Å². The van der Waals surface area contributed by atoms with E-state index >= 15 is 0 Å². The zero-order chi connectivity index (χ0) is 18.7. The molecule has 1 aromatic carbocycles. The summed E-state index contributed by atoms with van der Waals surface area (Å²) in [7, 11) is 0. The maximum Gasteiger partial charge on any atom is 0.416 e. The summed E-state index contributed by atoms with van der Waals surface area (Å²) in [5, 5.41) is 3.11. The molecule has 1 N–H and O–H groups in total. The molecule has 0 amide bonds. The number of piperazine rings is 1. The van der Waals surface area contributed by atoms with E-state index in [0.29, 0.717) is 57.2 Å². The van der Waals surface area contributed by atoms with Crippen LogP contribution in [-0.2, 0) is 12.4 Å². The fourth-order valence-electron chi connectivity index (χ4n) is 3.20. The zero-order valence-corrected chi connectivity index (χ0v) is 16.4. The van der Waals surface area contributed by atoms with Gasteiger partial charge < -0.3 is 5.32 Å². The van der Waals surface area contributed by atoms with Crippen LogP contribution in [0.5, 0.6) is 0 Å². The van der Waals surface area contributed by atoms with Gasteiger partial charge in [-0.3, -0.25) is 4.90 Å². The number of hydrogen-bond donors (Lipinski definition) is 1. The molecule has 1 fully saturated rings. The van der Waals surface area contributed by atoms with Crippen molar-refractivity contribution in [3.8, 4) is 0 Å². The van der Waals surface area contributed by atoms with Gasteiger partial charge in [0, 0.05) is 32.2 Å². The standard InChI is InChI=1S/C17H22F6N2.2ClH/c1-2-3-4-15(25-9-7-24-8-10-25)13-11-12(16(18,19)20)5-6-14(13)17(21,22)23;;/h5-6,11,15,24H,2-4,7-10H2,1H3;2*1H/t15-;;/m0../s1. The third-order valence-corrected chi connectivity index (χ3v) is 4.47. The van der Waals surface area contributed by atoms with E-state index in [4.69, 9.17) is 0 Å². The molecule has 0 aliphatic carbocycles. The van der Waals surface area contributed by atoms with E-state index in [2.05, 4.69) is 5.32 Å². The van der Waals surface area contributed by atoms with Crippen LogP contribution in [-0.4, -0.2) is 31.1 Å². The Labute approximate surface area is 167 Å². The van der Waals surface area contributed by atoms with Crippen molar-refractivity contribution in [2.24, 2.45) is 0 Å². The minimum Gasteiger partial charge on any atom is -0.314 e. The molecule has 2 rings (SSSR count). The van der Waals surface area contributed by atoms with Crippen LogP contribution in [0.4, 0.5) is 26.3 Å². The van der Waals surface area contributed by atoms with Crippen molar-refractivity contribution in [1.29, 1.82) is 0 Å². The van der Waals surface area contributed by atoms with Gasteiger partial charge in [-0.1, -0.05) is 19.8 Å². The van der Waals surface area contributed by atoms with Crippen molar-refractivity contribution < 1.29 is 26.3 Å². The summed E-state index contributed by atoms with van der Waals surface area (Å²) in [5.41, 5.74) is -2.27. The van der Waals surface area contributed by atoms with Gasteiger partial charge in [0.15, 0.2) is 0 Å². The highest BCUT2D eigenvalue weighted by Crippen LogP contribution is 2.41. The van der Waals surface area contributed by atoms with Crippen molar-refractivity contribution in [3.63, 3.8) is 0 Å². The monoisotopic (exact) mass is 440 g/mol. The first-order valence-electron chi connectivity index (χ1n) is 8.37. The average molecular weight is 441 g/mol. The molecule has 1 saturated heterocycles. The molecule has 1 aliphatic rings. The minimum atomic E-state index is -4.68. The van der Waals surface area contributed by atoms with E-state index in [1.54, 1.807) is 0 Å². The summed E-state index contributed by atoms with van der Waals surface area (Å²) >= 11 is 0. The summed E-state index contributed by atoms with van der Waals surface area (Å²) in [5.74, 6) is 0. The van der Waals surface area contributed by atoms with Crippen LogP contribution in [0.15, 0.2) is 18.2 Å². The first-order chi connectivity index (χ1) is 11.6. The van der Waals surface area contributed by atoms with Gasteiger partial charge in [-0.15, -0.1) is 24.8 Å². The second-order valence-corrected chi connectivity index (χ2v) is 6.24. The highest BCUT2D eigenvalue weighted by molar-refractivity contribution is 5.85. The maximum atomic E-state index is 13.4. The summed E-state index contributed by atoms with van der Waals surface area (Å²) in [6.07, 6.45) is -7.53. The molecule has 1 heterocycles. The molecule has 27 heavy (non-hydrogen) atoms.